The van der Waals surface area contributed by atoms with E-state index in [0.717, 1.165) is 13.0 Å². The van der Waals surface area contributed by atoms with Crippen LogP contribution in [0.2, 0.25) is 0 Å². The third kappa shape index (κ3) is 1.69. The molecule has 1 aliphatic rings. The molecule has 11 heavy (non-hydrogen) atoms. The van der Waals surface area contributed by atoms with Gasteiger partial charge in [0.15, 0.2) is 5.78 Å². The molecule has 1 heterocycles. The highest BCUT2D eigenvalue weighted by atomic mass is 16.1. The molecule has 1 fully saturated rings. The number of allylic oxidation sites excluding steroid dienone is 1. The van der Waals surface area contributed by atoms with Gasteiger partial charge in [-0.3, -0.25) is 4.79 Å². The van der Waals surface area contributed by atoms with Crippen LogP contribution in [-0.2, 0) is 4.79 Å². The maximum atomic E-state index is 11.4. The third-order valence-electron chi connectivity index (χ3n) is 2.28. The van der Waals surface area contributed by atoms with E-state index in [9.17, 15) is 4.79 Å². The molecule has 1 aliphatic heterocycles. The first-order valence-electron chi connectivity index (χ1n) is 4.06. The van der Waals surface area contributed by atoms with Crippen molar-refractivity contribution in [2.24, 2.45) is 5.92 Å². The molecule has 0 spiro atoms. The van der Waals surface area contributed by atoms with Crippen LogP contribution in [0.25, 0.3) is 0 Å². The molecule has 0 aliphatic carbocycles. The Labute approximate surface area is 67.7 Å². The lowest BCUT2D eigenvalue weighted by molar-refractivity contribution is -0.119. The van der Waals surface area contributed by atoms with Crippen molar-refractivity contribution in [2.75, 3.05) is 6.54 Å². The molecule has 0 saturated carbocycles. The van der Waals surface area contributed by atoms with Gasteiger partial charge in [-0.2, -0.15) is 0 Å². The zero-order valence-corrected chi connectivity index (χ0v) is 7.18. The van der Waals surface area contributed by atoms with Crippen molar-refractivity contribution < 1.29 is 4.79 Å². The first-order valence-corrected chi connectivity index (χ1v) is 4.06. The van der Waals surface area contributed by atoms with Gasteiger partial charge in [0.1, 0.15) is 0 Å². The van der Waals surface area contributed by atoms with Gasteiger partial charge in [-0.05, 0) is 32.4 Å². The van der Waals surface area contributed by atoms with Crippen molar-refractivity contribution in [3.8, 4) is 0 Å². The Morgan fingerprint density at radius 2 is 2.27 bits per heavy atom. The first kappa shape index (κ1) is 8.47. The molecule has 0 bridgehead atoms. The molecule has 1 rings (SSSR count). The van der Waals surface area contributed by atoms with Gasteiger partial charge >= 0.3 is 0 Å². The van der Waals surface area contributed by atoms with Crippen molar-refractivity contribution in [3.63, 3.8) is 0 Å². The number of Topliss-reactive ketones (excluding diaryl/α,β-unsaturated/α-hetero) is 1. The monoisotopic (exact) mass is 153 g/mol. The van der Waals surface area contributed by atoms with Crippen molar-refractivity contribution in [2.45, 2.75) is 26.3 Å². The molecule has 0 aromatic heterocycles. The van der Waals surface area contributed by atoms with Gasteiger partial charge in [0.25, 0.3) is 0 Å². The van der Waals surface area contributed by atoms with E-state index in [4.69, 9.17) is 0 Å². The Morgan fingerprint density at radius 3 is 2.64 bits per heavy atom. The molecule has 2 heteroatoms. The number of ketones is 1. The molecular formula is C9H15NO. The van der Waals surface area contributed by atoms with E-state index in [1.54, 1.807) is 6.92 Å². The second-order valence-corrected chi connectivity index (χ2v) is 3.28. The van der Waals surface area contributed by atoms with E-state index in [2.05, 4.69) is 18.8 Å². The van der Waals surface area contributed by atoms with E-state index >= 15 is 0 Å². The normalized spacial score (nSPS) is 30.4. The summed E-state index contributed by atoms with van der Waals surface area (Å²) < 4.78 is 0. The summed E-state index contributed by atoms with van der Waals surface area (Å²) in [6.45, 7) is 8.46. The Hall–Kier alpha value is -0.630. The van der Waals surface area contributed by atoms with E-state index in [1.165, 1.54) is 0 Å². The van der Waals surface area contributed by atoms with Crippen LogP contribution in [0, 0.1) is 5.92 Å². The van der Waals surface area contributed by atoms with E-state index in [1.807, 2.05) is 0 Å². The van der Waals surface area contributed by atoms with Crippen molar-refractivity contribution in [1.29, 1.82) is 0 Å². The molecule has 2 nitrogen and oxygen atoms in total. The second kappa shape index (κ2) is 3.18. The highest BCUT2D eigenvalue weighted by molar-refractivity contribution is 5.96. The van der Waals surface area contributed by atoms with Crippen LogP contribution in [0.1, 0.15) is 20.3 Å². The highest BCUT2D eigenvalue weighted by Crippen LogP contribution is 2.18. The van der Waals surface area contributed by atoms with Crippen LogP contribution in [-0.4, -0.2) is 18.4 Å². The number of carbonyl (C=O) groups excluding carboxylic acids is 1. The molecule has 0 radical (unpaired) electrons. The van der Waals surface area contributed by atoms with E-state index < -0.39 is 0 Å². The standard InChI is InChI=1S/C9H15NO/c1-6(2)9(11)8-4-5-10-7(8)3/h7-8,10H,1,4-5H2,2-3H3. The summed E-state index contributed by atoms with van der Waals surface area (Å²) in [5.41, 5.74) is 0.686. The SMILES string of the molecule is C=C(C)C(=O)C1CCNC1C. The van der Waals surface area contributed by atoms with Crippen molar-refractivity contribution in [1.82, 2.24) is 5.32 Å². The minimum atomic E-state index is 0.174. The fraction of sp³-hybridized carbons (Fsp3) is 0.667. The van der Waals surface area contributed by atoms with Crippen LogP contribution in [0.4, 0.5) is 0 Å². The van der Waals surface area contributed by atoms with Gasteiger partial charge in [-0.25, -0.2) is 0 Å². The fourth-order valence-electron chi connectivity index (χ4n) is 1.53. The maximum Gasteiger partial charge on any atom is 0.162 e. The zero-order chi connectivity index (χ0) is 8.43. The number of nitrogens with one attached hydrogen (secondary N) is 1. The Balaban J connectivity index is 2.60. The van der Waals surface area contributed by atoms with Gasteiger partial charge in [-0.1, -0.05) is 6.58 Å². The topological polar surface area (TPSA) is 29.1 Å². The van der Waals surface area contributed by atoms with Gasteiger partial charge in [-0.15, -0.1) is 0 Å². The van der Waals surface area contributed by atoms with Crippen LogP contribution < -0.4 is 5.32 Å². The van der Waals surface area contributed by atoms with Crippen LogP contribution in [0.15, 0.2) is 12.2 Å². The largest absolute Gasteiger partial charge is 0.313 e. The molecule has 1 N–H and O–H groups in total. The van der Waals surface area contributed by atoms with Crippen LogP contribution >= 0.6 is 0 Å². The molecule has 2 atom stereocenters. The lowest BCUT2D eigenvalue weighted by Gasteiger charge is -2.12. The van der Waals surface area contributed by atoms with Crippen molar-refractivity contribution in [3.05, 3.63) is 12.2 Å². The highest BCUT2D eigenvalue weighted by Gasteiger charge is 2.28. The molecule has 0 aromatic rings. The first-order chi connectivity index (χ1) is 5.13. The second-order valence-electron chi connectivity index (χ2n) is 3.28. The van der Waals surface area contributed by atoms with Gasteiger partial charge < -0.3 is 5.32 Å². The average Bonchev–Trinajstić information content (AvgIpc) is 2.33. The summed E-state index contributed by atoms with van der Waals surface area (Å²) >= 11 is 0. The number of rotatable bonds is 2. The minimum Gasteiger partial charge on any atom is -0.313 e. The number of hydrogen-bond acceptors (Lipinski definition) is 2. The summed E-state index contributed by atoms with van der Waals surface area (Å²) in [4.78, 5) is 11.4. The number of hydrogen-bond donors (Lipinski definition) is 1. The summed E-state index contributed by atoms with van der Waals surface area (Å²) in [5.74, 6) is 0.398. The fourth-order valence-corrected chi connectivity index (χ4v) is 1.53. The van der Waals surface area contributed by atoms with E-state index in [-0.39, 0.29) is 11.7 Å². The van der Waals surface area contributed by atoms with E-state index in [0.29, 0.717) is 11.6 Å². The van der Waals surface area contributed by atoms with Gasteiger partial charge in [0, 0.05) is 12.0 Å². The average molecular weight is 153 g/mol. The molecule has 62 valence electrons. The van der Waals surface area contributed by atoms with Gasteiger partial charge in [0.05, 0.1) is 0 Å². The van der Waals surface area contributed by atoms with Crippen molar-refractivity contribution >= 4 is 5.78 Å². The molecule has 2 unspecified atom stereocenters. The lowest BCUT2D eigenvalue weighted by Crippen LogP contribution is -2.28. The van der Waals surface area contributed by atoms with Crippen LogP contribution in [0.5, 0.6) is 0 Å². The molecule has 1 saturated heterocycles. The number of carbonyl (C=O) groups is 1. The quantitative estimate of drug-likeness (QED) is 0.602. The third-order valence-corrected chi connectivity index (χ3v) is 2.28. The summed E-state index contributed by atoms with van der Waals surface area (Å²) in [5, 5.41) is 3.24. The van der Waals surface area contributed by atoms with Gasteiger partial charge in [0.2, 0.25) is 0 Å². The maximum absolute atomic E-state index is 11.4. The lowest BCUT2D eigenvalue weighted by atomic mass is 9.93. The predicted molar refractivity (Wildman–Crippen MR) is 45.4 cm³/mol. The Morgan fingerprint density at radius 1 is 1.64 bits per heavy atom. The smallest absolute Gasteiger partial charge is 0.162 e. The molecule has 0 aromatic carbocycles. The molecule has 0 amide bonds. The minimum absolute atomic E-state index is 0.174. The summed E-state index contributed by atoms with van der Waals surface area (Å²) in [6, 6.07) is 0.333. The summed E-state index contributed by atoms with van der Waals surface area (Å²) in [7, 11) is 0. The summed E-state index contributed by atoms with van der Waals surface area (Å²) in [6.07, 6.45) is 0.965. The Bertz CT molecular complexity index is 186. The Kier molecular flexibility index (Phi) is 2.45. The zero-order valence-electron chi connectivity index (χ0n) is 7.18. The molecular weight excluding hydrogens is 138 g/mol. The van der Waals surface area contributed by atoms with Crippen LogP contribution in [0.3, 0.4) is 0 Å². The predicted octanol–water partition coefficient (Wildman–Crippen LogP) is 1.13.